The first kappa shape index (κ1) is 21.3. The molecule has 1 aromatic heterocycles. The maximum absolute atomic E-state index is 12.4. The molecule has 0 spiro atoms. The minimum atomic E-state index is -3.68. The van der Waals surface area contributed by atoms with Crippen LogP contribution in [-0.2, 0) is 26.5 Å². The van der Waals surface area contributed by atoms with E-state index in [1.807, 2.05) is 0 Å². The maximum Gasteiger partial charge on any atom is 0.272 e. The van der Waals surface area contributed by atoms with Crippen molar-refractivity contribution in [2.24, 2.45) is 5.14 Å². The van der Waals surface area contributed by atoms with E-state index in [0.29, 0.717) is 31.9 Å². The van der Waals surface area contributed by atoms with Gasteiger partial charge < -0.3 is 0 Å². The third kappa shape index (κ3) is 5.48. The fourth-order valence-electron chi connectivity index (χ4n) is 2.58. The van der Waals surface area contributed by atoms with Gasteiger partial charge in [-0.05, 0) is 23.8 Å². The van der Waals surface area contributed by atoms with Crippen LogP contribution in [0.1, 0.15) is 19.4 Å². The van der Waals surface area contributed by atoms with Crippen LogP contribution in [0, 0.1) is 0 Å². The zero-order valence-corrected chi connectivity index (χ0v) is 17.0. The Kier molecular flexibility index (Phi) is 6.93. The number of nitrogens with one attached hydrogen (secondary N) is 2. The van der Waals surface area contributed by atoms with E-state index in [0.717, 1.165) is 5.56 Å². The second-order valence-electron chi connectivity index (χ2n) is 5.89. The number of H-pyrrole nitrogens is 1. The van der Waals surface area contributed by atoms with Crippen molar-refractivity contribution in [3.8, 4) is 0 Å². The molecule has 0 bridgehead atoms. The highest BCUT2D eigenvalue weighted by Gasteiger charge is 2.22. The van der Waals surface area contributed by atoms with Gasteiger partial charge in [-0.1, -0.05) is 26.0 Å². The fraction of sp³-hybridized carbons (Fsp3) is 0.353. The van der Waals surface area contributed by atoms with E-state index >= 15 is 0 Å². The van der Waals surface area contributed by atoms with Crippen molar-refractivity contribution in [1.82, 2.24) is 4.31 Å². The first-order chi connectivity index (χ1) is 12.7. The molecule has 0 amide bonds. The van der Waals surface area contributed by atoms with E-state index < -0.39 is 20.0 Å². The average molecular weight is 414 g/mol. The standard InChI is InChI=1S/C17H24N4O4S2/c1-3-21(4-2)27(24,25)16-9-10-17(20-13-16)19-12-11-14-5-7-15(8-6-14)26(18,22)23/h5-10,13H,3-4,11-12H2,1-2H3,(H,19,20)(H2,18,22,23)/p+1. The van der Waals surface area contributed by atoms with Crippen molar-refractivity contribution in [3.05, 3.63) is 48.2 Å². The maximum atomic E-state index is 12.4. The Hall–Kier alpha value is -2.01. The number of nitrogens with zero attached hydrogens (tertiary/aromatic N) is 1. The number of pyridine rings is 1. The van der Waals surface area contributed by atoms with E-state index in [1.165, 1.54) is 22.6 Å². The fourth-order valence-corrected chi connectivity index (χ4v) is 4.52. The van der Waals surface area contributed by atoms with Gasteiger partial charge in [0.2, 0.25) is 20.0 Å². The van der Waals surface area contributed by atoms with Gasteiger partial charge in [0, 0.05) is 25.6 Å². The SMILES string of the molecule is CCN(CC)S(=O)(=O)c1ccc(NCCc2ccc(S(N)(=O)=O)cc2)[nH+]c1. The van der Waals surface area contributed by atoms with Crippen LogP contribution >= 0.6 is 0 Å². The Bertz CT molecular complexity index is 953. The molecule has 2 aromatic rings. The molecular weight excluding hydrogens is 388 g/mol. The Morgan fingerprint density at radius 1 is 0.963 bits per heavy atom. The van der Waals surface area contributed by atoms with Crippen molar-refractivity contribution in [1.29, 1.82) is 0 Å². The smallest absolute Gasteiger partial charge is 0.272 e. The van der Waals surface area contributed by atoms with Gasteiger partial charge in [-0.25, -0.2) is 27.0 Å². The highest BCUT2D eigenvalue weighted by Crippen LogP contribution is 2.14. The Labute approximate surface area is 160 Å². The predicted molar refractivity (Wildman–Crippen MR) is 103 cm³/mol. The summed E-state index contributed by atoms with van der Waals surface area (Å²) in [7, 11) is -7.17. The summed E-state index contributed by atoms with van der Waals surface area (Å²) in [5.74, 6) is 0.689. The summed E-state index contributed by atoms with van der Waals surface area (Å²) in [6, 6.07) is 9.62. The van der Waals surface area contributed by atoms with Crippen LogP contribution < -0.4 is 15.4 Å². The molecule has 4 N–H and O–H groups in total. The van der Waals surface area contributed by atoms with Gasteiger partial charge in [-0.2, -0.15) is 4.31 Å². The molecule has 0 aliphatic rings. The molecule has 10 heteroatoms. The summed E-state index contributed by atoms with van der Waals surface area (Å²) >= 11 is 0. The molecule has 0 aliphatic carbocycles. The molecule has 0 fully saturated rings. The first-order valence-electron chi connectivity index (χ1n) is 8.56. The van der Waals surface area contributed by atoms with Crippen molar-refractivity contribution in [2.45, 2.75) is 30.1 Å². The van der Waals surface area contributed by atoms with E-state index in [2.05, 4.69) is 10.3 Å². The summed E-state index contributed by atoms with van der Waals surface area (Å²) in [5.41, 5.74) is 0.954. The zero-order valence-electron chi connectivity index (χ0n) is 15.3. The number of aromatic amines is 1. The van der Waals surface area contributed by atoms with Gasteiger partial charge in [0.1, 0.15) is 11.1 Å². The van der Waals surface area contributed by atoms with Gasteiger partial charge in [0.15, 0.2) is 0 Å². The van der Waals surface area contributed by atoms with Gasteiger partial charge in [0.05, 0.1) is 11.4 Å². The van der Waals surface area contributed by atoms with Gasteiger partial charge in [-0.15, -0.1) is 0 Å². The minimum absolute atomic E-state index is 0.0811. The van der Waals surface area contributed by atoms with Crippen molar-refractivity contribution >= 4 is 25.9 Å². The highest BCUT2D eigenvalue weighted by molar-refractivity contribution is 7.89. The number of rotatable bonds is 9. The highest BCUT2D eigenvalue weighted by atomic mass is 32.2. The molecule has 0 saturated heterocycles. The Morgan fingerprint density at radius 3 is 2.04 bits per heavy atom. The molecule has 8 nitrogen and oxygen atoms in total. The van der Waals surface area contributed by atoms with Crippen LogP contribution in [0.5, 0.6) is 0 Å². The minimum Gasteiger partial charge on any atom is -0.274 e. The molecule has 1 aromatic carbocycles. The molecule has 148 valence electrons. The summed E-state index contributed by atoms with van der Waals surface area (Å²) in [6.45, 7) is 5.03. The predicted octanol–water partition coefficient (Wildman–Crippen LogP) is 0.833. The summed E-state index contributed by atoms with van der Waals surface area (Å²) in [5, 5.41) is 8.24. The molecule has 2 rings (SSSR count). The van der Waals surface area contributed by atoms with Crippen LogP contribution in [-0.4, -0.2) is 40.8 Å². The number of nitrogens with two attached hydrogens (primary N) is 1. The number of primary sulfonamides is 1. The second kappa shape index (κ2) is 8.79. The van der Waals surface area contributed by atoms with E-state index in [1.54, 1.807) is 38.1 Å². The van der Waals surface area contributed by atoms with Crippen molar-refractivity contribution < 1.29 is 21.8 Å². The lowest BCUT2D eigenvalue weighted by atomic mass is 10.1. The molecule has 0 radical (unpaired) electrons. The number of hydrogen-bond donors (Lipinski definition) is 2. The molecule has 27 heavy (non-hydrogen) atoms. The number of benzene rings is 1. The summed E-state index contributed by atoms with van der Waals surface area (Å²) in [6.07, 6.45) is 2.13. The monoisotopic (exact) mass is 413 g/mol. The first-order valence-corrected chi connectivity index (χ1v) is 11.5. The van der Waals surface area contributed by atoms with Gasteiger partial charge >= 0.3 is 0 Å². The second-order valence-corrected chi connectivity index (χ2v) is 9.39. The van der Waals surface area contributed by atoms with Crippen LogP contribution in [0.15, 0.2) is 52.4 Å². The third-order valence-electron chi connectivity index (χ3n) is 4.11. The molecule has 0 unspecified atom stereocenters. The number of sulfonamides is 2. The lowest BCUT2D eigenvalue weighted by Crippen LogP contribution is -2.31. The lowest BCUT2D eigenvalue weighted by molar-refractivity contribution is -0.364. The average Bonchev–Trinajstić information content (AvgIpc) is 2.62. The third-order valence-corrected chi connectivity index (χ3v) is 7.08. The Morgan fingerprint density at radius 2 is 1.56 bits per heavy atom. The van der Waals surface area contributed by atoms with Crippen molar-refractivity contribution in [3.63, 3.8) is 0 Å². The Balaban J connectivity index is 1.96. The molecule has 0 aliphatic heterocycles. The van der Waals surface area contributed by atoms with E-state index in [4.69, 9.17) is 5.14 Å². The summed E-state index contributed by atoms with van der Waals surface area (Å²) in [4.78, 5) is 3.25. The van der Waals surface area contributed by atoms with Gasteiger partial charge in [0.25, 0.3) is 5.82 Å². The molecule has 1 heterocycles. The topological polar surface area (TPSA) is 124 Å². The van der Waals surface area contributed by atoms with E-state index in [-0.39, 0.29) is 9.79 Å². The van der Waals surface area contributed by atoms with Crippen LogP contribution in [0.3, 0.4) is 0 Å². The van der Waals surface area contributed by atoms with Gasteiger partial charge in [-0.3, -0.25) is 5.32 Å². The largest absolute Gasteiger partial charge is 0.274 e. The summed E-state index contributed by atoms with van der Waals surface area (Å²) < 4.78 is 48.7. The number of hydrogen-bond acceptors (Lipinski definition) is 5. The zero-order chi connectivity index (χ0) is 20.1. The molecule has 0 atom stereocenters. The van der Waals surface area contributed by atoms with Crippen molar-refractivity contribution in [2.75, 3.05) is 25.0 Å². The van der Waals surface area contributed by atoms with Crippen LogP contribution in [0.4, 0.5) is 5.82 Å². The quantitative estimate of drug-likeness (QED) is 0.630. The van der Waals surface area contributed by atoms with E-state index in [9.17, 15) is 16.8 Å². The number of aromatic nitrogens is 1. The van der Waals surface area contributed by atoms with Crippen LogP contribution in [0.2, 0.25) is 0 Å². The number of anilines is 1. The molecular formula is C17H25N4O4S2+. The van der Waals surface area contributed by atoms with Crippen LogP contribution in [0.25, 0.3) is 0 Å². The normalized spacial score (nSPS) is 12.3. The lowest BCUT2D eigenvalue weighted by Gasteiger charge is -2.17. The molecule has 0 saturated carbocycles.